The summed E-state index contributed by atoms with van der Waals surface area (Å²) in [6, 6.07) is 5.88. The monoisotopic (exact) mass is 322 g/mol. The summed E-state index contributed by atoms with van der Waals surface area (Å²) in [4.78, 5) is 18.7. The fraction of sp³-hybridized carbons (Fsp3) is 0.286. The zero-order chi connectivity index (χ0) is 13.8. The predicted octanol–water partition coefficient (Wildman–Crippen LogP) is 3.48. The van der Waals surface area contributed by atoms with Gasteiger partial charge in [0, 0.05) is 17.7 Å². The minimum atomic E-state index is 0.0221. The number of pyridine rings is 1. The van der Waals surface area contributed by atoms with E-state index in [9.17, 15) is 4.79 Å². The lowest BCUT2D eigenvalue weighted by molar-refractivity contribution is -0.116. The molecule has 3 rings (SSSR count). The zero-order valence-corrected chi connectivity index (χ0v) is 13.2. The van der Waals surface area contributed by atoms with Crippen molar-refractivity contribution in [3.05, 3.63) is 46.9 Å². The van der Waals surface area contributed by atoms with Crippen LogP contribution >= 0.6 is 34.9 Å². The number of aromatic nitrogens is 1. The largest absolute Gasteiger partial charge is 0.305 e. The predicted molar refractivity (Wildman–Crippen MR) is 88.5 cm³/mol. The molecule has 1 saturated heterocycles. The lowest BCUT2D eigenvalue weighted by Crippen LogP contribution is -2.35. The molecule has 3 nitrogen and oxygen atoms in total. The fourth-order valence-electron chi connectivity index (χ4n) is 2.00. The Balaban J connectivity index is 1.84. The molecular weight excluding hydrogens is 308 g/mol. The van der Waals surface area contributed by atoms with E-state index in [1.54, 1.807) is 47.3 Å². The van der Waals surface area contributed by atoms with Crippen molar-refractivity contribution in [3.8, 4) is 0 Å². The van der Waals surface area contributed by atoms with Gasteiger partial charge in [-0.1, -0.05) is 0 Å². The van der Waals surface area contributed by atoms with Crippen LogP contribution in [0.25, 0.3) is 0 Å². The van der Waals surface area contributed by atoms with Crippen molar-refractivity contribution in [2.24, 2.45) is 0 Å². The molecule has 0 atom stereocenters. The van der Waals surface area contributed by atoms with Crippen LogP contribution in [0.5, 0.6) is 0 Å². The number of anilines is 1. The quantitative estimate of drug-likeness (QED) is 0.863. The topological polar surface area (TPSA) is 33.2 Å². The summed E-state index contributed by atoms with van der Waals surface area (Å²) in [5.41, 5.74) is 2.04. The molecule has 6 heteroatoms. The molecule has 2 aromatic heterocycles. The smallest absolute Gasteiger partial charge is 0.250 e. The summed E-state index contributed by atoms with van der Waals surface area (Å²) in [6.07, 6.45) is 3.49. The first-order valence-corrected chi connectivity index (χ1v) is 9.34. The van der Waals surface area contributed by atoms with Gasteiger partial charge in [-0.15, -0.1) is 23.5 Å². The number of thioether (sulfide) groups is 2. The van der Waals surface area contributed by atoms with Crippen molar-refractivity contribution < 1.29 is 4.79 Å². The van der Waals surface area contributed by atoms with Crippen molar-refractivity contribution in [1.29, 1.82) is 0 Å². The molecular formula is C14H14N2OS3. The summed E-state index contributed by atoms with van der Waals surface area (Å²) in [7, 11) is 0. The average molecular weight is 322 g/mol. The minimum Gasteiger partial charge on any atom is -0.305 e. The second-order valence-electron chi connectivity index (χ2n) is 4.34. The van der Waals surface area contributed by atoms with Crippen LogP contribution in [-0.2, 0) is 11.3 Å². The number of carbonyl (C=O) groups excluding carboxylic acids is 1. The highest BCUT2D eigenvalue weighted by molar-refractivity contribution is 8.21. The van der Waals surface area contributed by atoms with Gasteiger partial charge in [0.1, 0.15) is 4.58 Å². The highest BCUT2D eigenvalue weighted by atomic mass is 32.2. The van der Waals surface area contributed by atoms with Gasteiger partial charge in [0.2, 0.25) is 0 Å². The van der Waals surface area contributed by atoms with Crippen molar-refractivity contribution in [2.45, 2.75) is 11.1 Å². The number of nitrogens with zero attached hydrogens (tertiary/aromatic N) is 2. The van der Waals surface area contributed by atoms with Crippen molar-refractivity contribution in [2.75, 3.05) is 16.4 Å². The number of amides is 1. The molecule has 1 aliphatic rings. The lowest BCUT2D eigenvalue weighted by Gasteiger charge is -2.24. The van der Waals surface area contributed by atoms with Gasteiger partial charge in [-0.25, -0.2) is 0 Å². The summed E-state index contributed by atoms with van der Waals surface area (Å²) >= 11 is 5.14. The molecule has 104 valence electrons. The molecule has 0 radical (unpaired) electrons. The van der Waals surface area contributed by atoms with Gasteiger partial charge in [-0.3, -0.25) is 9.78 Å². The maximum atomic E-state index is 12.7. The molecule has 1 aliphatic heterocycles. The Bertz CT molecular complexity index is 553. The van der Waals surface area contributed by atoms with Crippen molar-refractivity contribution in [1.82, 2.24) is 4.98 Å². The molecule has 0 spiro atoms. The minimum absolute atomic E-state index is 0.0221. The first kappa shape index (κ1) is 14.0. The SMILES string of the molecule is O=C(C1SCCS1)N(Cc1ccsc1)c1cccnc1. The first-order valence-electron chi connectivity index (χ1n) is 6.30. The average Bonchev–Trinajstić information content (AvgIpc) is 3.18. The fourth-order valence-corrected chi connectivity index (χ4v) is 5.36. The Morgan fingerprint density at radius 1 is 1.35 bits per heavy atom. The Morgan fingerprint density at radius 2 is 2.20 bits per heavy atom. The van der Waals surface area contributed by atoms with Crippen LogP contribution in [0.15, 0.2) is 41.4 Å². The Hall–Kier alpha value is -0.980. The van der Waals surface area contributed by atoms with Crippen LogP contribution < -0.4 is 4.90 Å². The van der Waals surface area contributed by atoms with Crippen molar-refractivity contribution >= 4 is 46.5 Å². The summed E-state index contributed by atoms with van der Waals surface area (Å²) in [6.45, 7) is 0.617. The second-order valence-corrected chi connectivity index (χ2v) is 7.85. The molecule has 0 bridgehead atoms. The molecule has 2 aromatic rings. The normalized spacial score (nSPS) is 15.4. The number of thiophene rings is 1. The third kappa shape index (κ3) is 3.19. The Morgan fingerprint density at radius 3 is 2.85 bits per heavy atom. The van der Waals surface area contributed by atoms with E-state index >= 15 is 0 Å². The third-order valence-electron chi connectivity index (χ3n) is 2.97. The maximum Gasteiger partial charge on any atom is 0.250 e. The number of hydrogen-bond donors (Lipinski definition) is 0. The van der Waals surface area contributed by atoms with Gasteiger partial charge < -0.3 is 4.90 Å². The highest BCUT2D eigenvalue weighted by Gasteiger charge is 2.29. The third-order valence-corrected chi connectivity index (χ3v) is 6.66. The van der Waals surface area contributed by atoms with E-state index in [0.717, 1.165) is 17.2 Å². The van der Waals surface area contributed by atoms with Crippen LogP contribution in [0, 0.1) is 0 Å². The molecule has 20 heavy (non-hydrogen) atoms. The van der Waals surface area contributed by atoms with Crippen LogP contribution in [0.2, 0.25) is 0 Å². The van der Waals surface area contributed by atoms with Gasteiger partial charge in [-0.05, 0) is 34.5 Å². The first-order chi connectivity index (χ1) is 9.84. The molecule has 0 N–H and O–H groups in total. The Kier molecular flexibility index (Phi) is 4.65. The van der Waals surface area contributed by atoms with Crippen LogP contribution in [0.3, 0.4) is 0 Å². The van der Waals surface area contributed by atoms with E-state index < -0.39 is 0 Å². The van der Waals surface area contributed by atoms with Crippen molar-refractivity contribution in [3.63, 3.8) is 0 Å². The van der Waals surface area contributed by atoms with E-state index in [4.69, 9.17) is 0 Å². The van der Waals surface area contributed by atoms with Gasteiger partial charge in [-0.2, -0.15) is 11.3 Å². The van der Waals surface area contributed by atoms with Crippen LogP contribution in [-0.4, -0.2) is 27.0 Å². The molecule has 1 fully saturated rings. The number of rotatable bonds is 4. The number of carbonyl (C=O) groups is 1. The maximum absolute atomic E-state index is 12.7. The van der Waals surface area contributed by atoms with E-state index in [2.05, 4.69) is 16.4 Å². The Labute approximate surface area is 130 Å². The molecule has 0 aromatic carbocycles. The summed E-state index contributed by atoms with van der Waals surface area (Å²) in [5.74, 6) is 2.29. The lowest BCUT2D eigenvalue weighted by atomic mass is 10.2. The van der Waals surface area contributed by atoms with E-state index in [0.29, 0.717) is 6.54 Å². The molecule has 0 saturated carbocycles. The second kappa shape index (κ2) is 6.65. The van der Waals surface area contributed by atoms with E-state index in [1.165, 1.54) is 5.56 Å². The summed E-state index contributed by atoms with van der Waals surface area (Å²) < 4.78 is 0.0221. The van der Waals surface area contributed by atoms with Gasteiger partial charge in [0.05, 0.1) is 18.4 Å². The standard InChI is InChI=1S/C14H14N2OS3/c17-13(14-19-6-7-20-14)16(9-11-3-5-18-10-11)12-2-1-4-15-8-12/h1-5,8,10,14H,6-7,9H2. The molecule has 1 amide bonds. The molecule has 0 aliphatic carbocycles. The number of hydrogen-bond acceptors (Lipinski definition) is 5. The summed E-state index contributed by atoms with van der Waals surface area (Å²) in [5, 5.41) is 4.13. The van der Waals surface area contributed by atoms with Crippen LogP contribution in [0.1, 0.15) is 5.56 Å². The molecule has 0 unspecified atom stereocenters. The van der Waals surface area contributed by atoms with Gasteiger partial charge >= 0.3 is 0 Å². The van der Waals surface area contributed by atoms with Gasteiger partial charge in [0.25, 0.3) is 5.91 Å². The van der Waals surface area contributed by atoms with Gasteiger partial charge in [0.15, 0.2) is 0 Å². The zero-order valence-electron chi connectivity index (χ0n) is 10.8. The molecule has 3 heterocycles. The van der Waals surface area contributed by atoms with E-state index in [-0.39, 0.29) is 10.5 Å². The van der Waals surface area contributed by atoms with E-state index in [1.807, 2.05) is 22.4 Å². The van der Waals surface area contributed by atoms with Crippen LogP contribution in [0.4, 0.5) is 5.69 Å². The highest BCUT2D eigenvalue weighted by Crippen LogP contribution is 2.34.